The molecule has 0 saturated heterocycles. The van der Waals surface area contributed by atoms with Gasteiger partial charge in [0.15, 0.2) is 0 Å². The third-order valence-electron chi connectivity index (χ3n) is 6.29. The number of ether oxygens (including phenoxy) is 2. The maximum atomic E-state index is 13.4. The Bertz CT molecular complexity index is 1760. The summed E-state index contributed by atoms with van der Waals surface area (Å²) in [5, 5.41) is 3.80. The Balaban J connectivity index is 1.48. The van der Waals surface area contributed by atoms with Gasteiger partial charge in [-0.15, -0.1) is 0 Å². The Kier molecular flexibility index (Phi) is 6.96. The van der Waals surface area contributed by atoms with Crippen molar-refractivity contribution in [2.24, 2.45) is 0 Å². The van der Waals surface area contributed by atoms with Crippen LogP contribution in [0.3, 0.4) is 0 Å². The van der Waals surface area contributed by atoms with Crippen LogP contribution < -0.4 is 14.2 Å². The number of carbonyl (C=O) groups excluding carboxylic acids is 1. The van der Waals surface area contributed by atoms with Crippen molar-refractivity contribution in [2.75, 3.05) is 7.11 Å². The lowest BCUT2D eigenvalue weighted by molar-refractivity contribution is -0.130. The first-order valence-corrected chi connectivity index (χ1v) is 13.4. The molecule has 6 nitrogen and oxygen atoms in total. The summed E-state index contributed by atoms with van der Waals surface area (Å²) in [5.74, 6) is 0.124. The van der Waals surface area contributed by atoms with Crippen molar-refractivity contribution >= 4 is 37.5 Å². The van der Waals surface area contributed by atoms with Gasteiger partial charge in [0.25, 0.3) is 0 Å². The van der Waals surface area contributed by atoms with E-state index in [0.29, 0.717) is 17.1 Å². The molecule has 0 aromatic heterocycles. The number of hydrogen-bond donors (Lipinski definition) is 1. The molecule has 1 N–H and O–H groups in total. The SMILES string of the molecule is C=C(C(=O)Oc1ccc2ccccc2c1)[C@H](NS(=O)(=O)c1ccc(OC)cc1)c1ccc2ccccc2c1. The first-order valence-electron chi connectivity index (χ1n) is 11.9. The third kappa shape index (κ3) is 5.29. The van der Waals surface area contributed by atoms with E-state index in [-0.39, 0.29) is 10.5 Å². The predicted octanol–water partition coefficient (Wildman–Crippen LogP) is 6.18. The lowest BCUT2D eigenvalue weighted by Gasteiger charge is -2.21. The first-order chi connectivity index (χ1) is 18.3. The van der Waals surface area contributed by atoms with Crippen LogP contribution in [-0.4, -0.2) is 21.5 Å². The highest BCUT2D eigenvalue weighted by molar-refractivity contribution is 7.89. The smallest absolute Gasteiger partial charge is 0.340 e. The van der Waals surface area contributed by atoms with Crippen LogP contribution in [0.2, 0.25) is 0 Å². The number of esters is 1. The highest BCUT2D eigenvalue weighted by atomic mass is 32.2. The fourth-order valence-electron chi connectivity index (χ4n) is 4.23. The minimum atomic E-state index is -4.04. The van der Waals surface area contributed by atoms with E-state index in [1.54, 1.807) is 30.3 Å². The number of rotatable bonds is 8. The van der Waals surface area contributed by atoms with Crippen molar-refractivity contribution < 1.29 is 22.7 Å². The Morgan fingerprint density at radius 1 is 0.737 bits per heavy atom. The molecule has 0 unspecified atom stereocenters. The van der Waals surface area contributed by atoms with Crippen molar-refractivity contribution in [1.82, 2.24) is 4.72 Å². The number of sulfonamides is 1. The van der Waals surface area contributed by atoms with Crippen LogP contribution >= 0.6 is 0 Å². The van der Waals surface area contributed by atoms with E-state index in [0.717, 1.165) is 21.5 Å². The summed E-state index contributed by atoms with van der Waals surface area (Å²) in [5.41, 5.74) is 0.506. The van der Waals surface area contributed by atoms with Crippen LogP contribution in [0.4, 0.5) is 0 Å². The van der Waals surface area contributed by atoms with Crippen LogP contribution in [0.1, 0.15) is 11.6 Å². The lowest BCUT2D eigenvalue weighted by atomic mass is 9.98. The molecule has 190 valence electrons. The summed E-state index contributed by atoms with van der Waals surface area (Å²) >= 11 is 0. The zero-order valence-electron chi connectivity index (χ0n) is 20.6. The molecule has 0 heterocycles. The van der Waals surface area contributed by atoms with Gasteiger partial charge in [0.1, 0.15) is 11.5 Å². The van der Waals surface area contributed by atoms with E-state index in [9.17, 15) is 13.2 Å². The van der Waals surface area contributed by atoms with Gasteiger partial charge >= 0.3 is 5.97 Å². The molecule has 0 bridgehead atoms. The van der Waals surface area contributed by atoms with Crippen molar-refractivity contribution in [2.45, 2.75) is 10.9 Å². The number of hydrogen-bond acceptors (Lipinski definition) is 5. The van der Waals surface area contributed by atoms with Crippen LogP contribution in [0.15, 0.2) is 126 Å². The van der Waals surface area contributed by atoms with E-state index in [1.807, 2.05) is 66.7 Å². The molecule has 38 heavy (non-hydrogen) atoms. The molecule has 0 radical (unpaired) electrons. The first kappa shape index (κ1) is 25.2. The van der Waals surface area contributed by atoms with Crippen molar-refractivity contribution in [3.05, 3.63) is 127 Å². The molecule has 5 aromatic rings. The van der Waals surface area contributed by atoms with Gasteiger partial charge in [-0.3, -0.25) is 0 Å². The Labute approximate surface area is 221 Å². The third-order valence-corrected chi connectivity index (χ3v) is 7.73. The molecule has 0 aliphatic rings. The van der Waals surface area contributed by atoms with Crippen molar-refractivity contribution in [3.63, 3.8) is 0 Å². The molecule has 0 spiro atoms. The summed E-state index contributed by atoms with van der Waals surface area (Å²) < 4.78 is 40.2. The number of nitrogens with one attached hydrogen (secondary N) is 1. The van der Waals surface area contributed by atoms with Gasteiger partial charge in [0.2, 0.25) is 10.0 Å². The van der Waals surface area contributed by atoms with E-state index < -0.39 is 22.0 Å². The van der Waals surface area contributed by atoms with Gasteiger partial charge in [-0.2, -0.15) is 4.72 Å². The Morgan fingerprint density at radius 3 is 1.92 bits per heavy atom. The van der Waals surface area contributed by atoms with Gasteiger partial charge < -0.3 is 9.47 Å². The second-order valence-electron chi connectivity index (χ2n) is 8.76. The van der Waals surface area contributed by atoms with E-state index >= 15 is 0 Å². The fourth-order valence-corrected chi connectivity index (χ4v) is 5.45. The summed E-state index contributed by atoms with van der Waals surface area (Å²) in [6.45, 7) is 3.95. The summed E-state index contributed by atoms with van der Waals surface area (Å²) in [6.07, 6.45) is 0. The van der Waals surface area contributed by atoms with Gasteiger partial charge in [0, 0.05) is 0 Å². The number of carbonyl (C=O) groups is 1. The molecule has 1 atom stereocenters. The minimum Gasteiger partial charge on any atom is -0.497 e. The average Bonchev–Trinajstić information content (AvgIpc) is 2.95. The van der Waals surface area contributed by atoms with Gasteiger partial charge in [-0.1, -0.05) is 73.3 Å². The second-order valence-corrected chi connectivity index (χ2v) is 10.5. The number of fused-ring (bicyclic) bond motifs is 2. The Hall–Kier alpha value is -4.46. The molecule has 0 aliphatic carbocycles. The molecule has 5 aromatic carbocycles. The van der Waals surface area contributed by atoms with Gasteiger partial charge in [-0.25, -0.2) is 13.2 Å². The van der Waals surface area contributed by atoms with Crippen LogP contribution in [0, 0.1) is 0 Å². The molecule has 0 amide bonds. The van der Waals surface area contributed by atoms with E-state index in [1.165, 1.54) is 19.2 Å². The monoisotopic (exact) mass is 523 g/mol. The zero-order valence-corrected chi connectivity index (χ0v) is 21.4. The molecule has 7 heteroatoms. The zero-order chi connectivity index (χ0) is 26.7. The largest absolute Gasteiger partial charge is 0.497 e. The van der Waals surface area contributed by atoms with Gasteiger partial charge in [0.05, 0.1) is 23.6 Å². The Morgan fingerprint density at radius 2 is 1.29 bits per heavy atom. The maximum Gasteiger partial charge on any atom is 0.340 e. The second kappa shape index (κ2) is 10.5. The molecule has 5 rings (SSSR count). The van der Waals surface area contributed by atoms with Gasteiger partial charge in [-0.05, 0) is 69.6 Å². The van der Waals surface area contributed by atoms with E-state index in [2.05, 4.69) is 11.3 Å². The van der Waals surface area contributed by atoms with E-state index in [4.69, 9.17) is 9.47 Å². The minimum absolute atomic E-state index is 0.0276. The number of methoxy groups -OCH3 is 1. The summed E-state index contributed by atoms with van der Waals surface area (Å²) in [4.78, 5) is 13.3. The normalized spacial score (nSPS) is 12.2. The average molecular weight is 524 g/mol. The predicted molar refractivity (Wildman–Crippen MR) is 149 cm³/mol. The van der Waals surface area contributed by atoms with Crippen molar-refractivity contribution in [3.8, 4) is 11.5 Å². The molecule has 0 fully saturated rings. The molecular formula is C31H25NO5S. The standard InChI is InChI=1S/C31H25NO5S/c1-21(31(33)37-28-14-13-23-8-4-6-10-25(23)20-28)30(26-12-11-22-7-3-5-9-24(22)19-26)32-38(34,35)29-17-15-27(36-2)16-18-29/h3-20,30,32H,1H2,2H3/t30-/m0/s1. The maximum absolute atomic E-state index is 13.4. The van der Waals surface area contributed by atoms with Crippen LogP contribution in [0.25, 0.3) is 21.5 Å². The summed E-state index contributed by atoms with van der Waals surface area (Å²) in [6, 6.07) is 31.1. The van der Waals surface area contributed by atoms with Crippen LogP contribution in [0.5, 0.6) is 11.5 Å². The molecule has 0 aliphatic heterocycles. The number of benzene rings is 5. The quantitative estimate of drug-likeness (QED) is 0.149. The molecular weight excluding hydrogens is 498 g/mol. The highest BCUT2D eigenvalue weighted by Gasteiger charge is 2.28. The summed E-state index contributed by atoms with van der Waals surface area (Å²) in [7, 11) is -2.54. The fraction of sp³-hybridized carbons (Fsp3) is 0.0645. The van der Waals surface area contributed by atoms with Crippen LogP contribution in [-0.2, 0) is 14.8 Å². The molecule has 0 saturated carbocycles. The topological polar surface area (TPSA) is 81.7 Å². The highest BCUT2D eigenvalue weighted by Crippen LogP contribution is 2.29. The van der Waals surface area contributed by atoms with Crippen molar-refractivity contribution in [1.29, 1.82) is 0 Å². The lowest BCUT2D eigenvalue weighted by Crippen LogP contribution is -2.33.